The Balaban J connectivity index is 2.53. The van der Waals surface area contributed by atoms with Crippen molar-refractivity contribution in [3.8, 4) is 0 Å². The molecule has 2 N–H and O–H groups in total. The van der Waals surface area contributed by atoms with Crippen LogP contribution in [0.4, 0.5) is 0 Å². The van der Waals surface area contributed by atoms with Gasteiger partial charge in [0.25, 0.3) is 5.91 Å². The van der Waals surface area contributed by atoms with Crippen molar-refractivity contribution in [2.75, 3.05) is 13.2 Å². The molecule has 5 nitrogen and oxygen atoms in total. The summed E-state index contributed by atoms with van der Waals surface area (Å²) < 4.78 is 3.63. The molecule has 1 aromatic rings. The van der Waals surface area contributed by atoms with E-state index in [0.717, 1.165) is 24.4 Å². The molecule has 0 radical (unpaired) electrons. The molecule has 0 saturated heterocycles. The normalized spacial score (nSPS) is 11.4. The maximum Gasteiger partial charge on any atom is 0.272 e. The number of nitrogens with one attached hydrogen (secondary N) is 1. The molecule has 0 fully saturated rings. The van der Waals surface area contributed by atoms with Crippen LogP contribution in [0, 0.1) is 5.41 Å². The predicted molar refractivity (Wildman–Crippen MR) is 62.3 cm³/mol. The quantitative estimate of drug-likeness (QED) is 0.783. The van der Waals surface area contributed by atoms with Crippen LogP contribution < -0.4 is 5.32 Å². The van der Waals surface area contributed by atoms with E-state index < -0.39 is 0 Å². The molecule has 0 aliphatic heterocycles. The van der Waals surface area contributed by atoms with Crippen LogP contribution in [0.1, 0.15) is 37.2 Å². The highest BCUT2D eigenvalue weighted by molar-refractivity contribution is 7.03. The number of amides is 1. The number of aliphatic hydroxyl groups is 1. The first kappa shape index (κ1) is 13.1. The third-order valence-corrected chi connectivity index (χ3v) is 3.56. The van der Waals surface area contributed by atoms with E-state index in [1.807, 2.05) is 13.8 Å². The van der Waals surface area contributed by atoms with Gasteiger partial charge in [0.15, 0.2) is 5.69 Å². The average molecular weight is 243 g/mol. The minimum atomic E-state index is -0.228. The van der Waals surface area contributed by atoms with Crippen molar-refractivity contribution in [3.63, 3.8) is 0 Å². The van der Waals surface area contributed by atoms with Gasteiger partial charge in [0, 0.05) is 17.3 Å². The van der Waals surface area contributed by atoms with Crippen molar-refractivity contribution in [1.29, 1.82) is 0 Å². The molecule has 1 rings (SSSR count). The number of aliphatic hydroxyl groups excluding tert-OH is 1. The van der Waals surface area contributed by atoms with Crippen molar-refractivity contribution in [2.45, 2.75) is 26.7 Å². The summed E-state index contributed by atoms with van der Waals surface area (Å²) in [6.07, 6.45) is 1.66. The maximum absolute atomic E-state index is 11.6. The van der Waals surface area contributed by atoms with Crippen molar-refractivity contribution in [1.82, 2.24) is 14.9 Å². The lowest BCUT2D eigenvalue weighted by atomic mass is 9.83. The first-order valence-electron chi connectivity index (χ1n) is 5.33. The van der Waals surface area contributed by atoms with Gasteiger partial charge < -0.3 is 10.4 Å². The second-order valence-electron chi connectivity index (χ2n) is 3.84. The van der Waals surface area contributed by atoms with Crippen molar-refractivity contribution < 1.29 is 9.90 Å². The summed E-state index contributed by atoms with van der Waals surface area (Å²) in [5.41, 5.74) is 0.114. The topological polar surface area (TPSA) is 75.1 Å². The fraction of sp³-hybridized carbons (Fsp3) is 0.700. The Morgan fingerprint density at radius 2 is 2.25 bits per heavy atom. The van der Waals surface area contributed by atoms with Crippen molar-refractivity contribution >= 4 is 17.4 Å². The van der Waals surface area contributed by atoms with Gasteiger partial charge in [0.05, 0.1) is 6.61 Å². The molecule has 0 unspecified atom stereocenters. The Hall–Kier alpha value is -1.01. The number of aromatic nitrogens is 2. The van der Waals surface area contributed by atoms with Crippen molar-refractivity contribution in [2.24, 2.45) is 5.41 Å². The summed E-state index contributed by atoms with van der Waals surface area (Å²) >= 11 is 1.15. The Kier molecular flexibility index (Phi) is 4.82. The number of rotatable bonds is 6. The molecule has 16 heavy (non-hydrogen) atoms. The molecule has 1 amide bonds. The molecule has 0 bridgehead atoms. The number of hydrogen-bond acceptors (Lipinski definition) is 5. The third kappa shape index (κ3) is 2.99. The molecule has 0 saturated carbocycles. The molecule has 0 aromatic carbocycles. The first-order chi connectivity index (χ1) is 7.67. The van der Waals surface area contributed by atoms with E-state index in [9.17, 15) is 9.90 Å². The lowest BCUT2D eigenvalue weighted by molar-refractivity contribution is 0.0847. The van der Waals surface area contributed by atoms with E-state index in [1.54, 1.807) is 5.38 Å². The second-order valence-corrected chi connectivity index (χ2v) is 4.45. The van der Waals surface area contributed by atoms with Crippen LogP contribution in [-0.2, 0) is 0 Å². The van der Waals surface area contributed by atoms with Crippen LogP contribution in [0.2, 0.25) is 0 Å². The largest absolute Gasteiger partial charge is 0.396 e. The third-order valence-electron chi connectivity index (χ3n) is 3.05. The molecule has 1 aromatic heterocycles. The Morgan fingerprint density at radius 3 is 2.69 bits per heavy atom. The highest BCUT2D eigenvalue weighted by Crippen LogP contribution is 2.24. The smallest absolute Gasteiger partial charge is 0.272 e. The fourth-order valence-corrected chi connectivity index (χ4v) is 1.84. The van der Waals surface area contributed by atoms with Gasteiger partial charge in [-0.3, -0.25) is 4.79 Å². The summed E-state index contributed by atoms with van der Waals surface area (Å²) in [6.45, 7) is 4.56. The average Bonchev–Trinajstić information content (AvgIpc) is 2.85. The van der Waals surface area contributed by atoms with Crippen LogP contribution in [0.3, 0.4) is 0 Å². The van der Waals surface area contributed by atoms with E-state index in [-0.39, 0.29) is 17.9 Å². The molecular formula is C10H17N3O2S. The van der Waals surface area contributed by atoms with Gasteiger partial charge in [-0.1, -0.05) is 18.3 Å². The summed E-state index contributed by atoms with van der Waals surface area (Å²) in [5, 5.41) is 17.4. The monoisotopic (exact) mass is 243 g/mol. The minimum Gasteiger partial charge on any atom is -0.396 e. The molecule has 90 valence electrons. The fourth-order valence-electron chi connectivity index (χ4n) is 1.40. The van der Waals surface area contributed by atoms with Crippen LogP contribution in [0.15, 0.2) is 5.38 Å². The second kappa shape index (κ2) is 5.91. The van der Waals surface area contributed by atoms with Crippen LogP contribution in [0.25, 0.3) is 0 Å². The first-order valence-corrected chi connectivity index (χ1v) is 6.17. The summed E-state index contributed by atoms with van der Waals surface area (Å²) in [7, 11) is 0. The molecular weight excluding hydrogens is 226 g/mol. The van der Waals surface area contributed by atoms with Gasteiger partial charge in [-0.15, -0.1) is 5.10 Å². The van der Waals surface area contributed by atoms with Gasteiger partial charge in [0.2, 0.25) is 0 Å². The lowest BCUT2D eigenvalue weighted by Gasteiger charge is -2.29. The van der Waals surface area contributed by atoms with Gasteiger partial charge in [-0.05, 0) is 24.4 Å². The van der Waals surface area contributed by atoms with E-state index in [4.69, 9.17) is 0 Å². The highest BCUT2D eigenvalue weighted by atomic mass is 32.1. The van der Waals surface area contributed by atoms with Crippen molar-refractivity contribution in [3.05, 3.63) is 11.1 Å². The lowest BCUT2D eigenvalue weighted by Crippen LogP contribution is -2.39. The zero-order chi connectivity index (χ0) is 12.0. The minimum absolute atomic E-state index is 0.0790. The molecule has 1 heterocycles. The summed E-state index contributed by atoms with van der Waals surface area (Å²) in [5.74, 6) is -0.228. The Bertz CT molecular complexity index is 315. The summed E-state index contributed by atoms with van der Waals surface area (Å²) in [6, 6.07) is 0. The van der Waals surface area contributed by atoms with E-state index >= 15 is 0 Å². The molecule has 0 aliphatic rings. The Labute approximate surface area is 99.0 Å². The summed E-state index contributed by atoms with van der Waals surface area (Å²) in [4.78, 5) is 11.6. The SMILES string of the molecule is CCC(CC)(CO)CNC(=O)c1csnn1. The zero-order valence-corrected chi connectivity index (χ0v) is 10.4. The number of hydrogen-bond donors (Lipinski definition) is 2. The Morgan fingerprint density at radius 1 is 1.56 bits per heavy atom. The van der Waals surface area contributed by atoms with Crippen LogP contribution in [0.5, 0.6) is 0 Å². The van der Waals surface area contributed by atoms with Gasteiger partial charge in [-0.2, -0.15) is 0 Å². The van der Waals surface area contributed by atoms with E-state index in [2.05, 4.69) is 14.9 Å². The maximum atomic E-state index is 11.6. The number of carbonyl (C=O) groups excluding carboxylic acids is 1. The molecule has 0 atom stereocenters. The van der Waals surface area contributed by atoms with Crippen LogP contribution >= 0.6 is 11.5 Å². The number of nitrogens with zero attached hydrogens (tertiary/aromatic N) is 2. The molecule has 6 heteroatoms. The van der Waals surface area contributed by atoms with E-state index in [0.29, 0.717) is 12.2 Å². The zero-order valence-electron chi connectivity index (χ0n) is 9.56. The van der Waals surface area contributed by atoms with Crippen LogP contribution in [-0.4, -0.2) is 33.8 Å². The standard InChI is InChI=1S/C10H17N3O2S/c1-3-10(4-2,7-14)6-11-9(15)8-5-16-13-12-8/h5,14H,3-4,6-7H2,1-2H3,(H,11,15). The van der Waals surface area contributed by atoms with Gasteiger partial charge >= 0.3 is 0 Å². The van der Waals surface area contributed by atoms with E-state index in [1.165, 1.54) is 0 Å². The van der Waals surface area contributed by atoms with Gasteiger partial charge in [0.1, 0.15) is 0 Å². The van der Waals surface area contributed by atoms with Gasteiger partial charge in [-0.25, -0.2) is 0 Å². The highest BCUT2D eigenvalue weighted by Gasteiger charge is 2.26. The molecule has 0 spiro atoms. The number of carbonyl (C=O) groups is 1. The molecule has 0 aliphatic carbocycles. The predicted octanol–water partition coefficient (Wildman–Crippen LogP) is 1.07.